The molecule has 1 atom stereocenters. The van der Waals surface area contributed by atoms with Crippen LogP contribution in [0.1, 0.15) is 37.6 Å². The van der Waals surface area contributed by atoms with Crippen molar-refractivity contribution in [3.63, 3.8) is 0 Å². The van der Waals surface area contributed by atoms with Crippen molar-refractivity contribution in [2.75, 3.05) is 44.2 Å². The lowest BCUT2D eigenvalue weighted by molar-refractivity contribution is 0.0695. The molecule has 0 amide bonds. The number of hydrogen-bond acceptors (Lipinski definition) is 9. The molecule has 3 aromatic rings. The fourth-order valence-corrected chi connectivity index (χ4v) is 5.57. The largest absolute Gasteiger partial charge is 0.513 e. The minimum absolute atomic E-state index is 0.242. The van der Waals surface area contributed by atoms with Crippen molar-refractivity contribution in [3.05, 3.63) is 93.6 Å². The quantitative estimate of drug-likeness (QED) is 0.249. The van der Waals surface area contributed by atoms with Crippen LogP contribution in [0.4, 0.5) is 10.5 Å². The van der Waals surface area contributed by atoms with E-state index >= 15 is 0 Å². The van der Waals surface area contributed by atoms with Crippen LogP contribution in [0.3, 0.4) is 0 Å². The van der Waals surface area contributed by atoms with Crippen LogP contribution in [0, 0.1) is 0 Å². The molecule has 1 unspecified atom stereocenters. The Hall–Kier alpha value is -3.53. The normalized spacial score (nSPS) is 18.1. The van der Waals surface area contributed by atoms with Gasteiger partial charge >= 0.3 is 6.16 Å². The van der Waals surface area contributed by atoms with E-state index in [4.69, 9.17) is 37.1 Å². The van der Waals surface area contributed by atoms with Gasteiger partial charge in [0.1, 0.15) is 5.76 Å². The van der Waals surface area contributed by atoms with Gasteiger partial charge in [0.05, 0.1) is 33.8 Å². The summed E-state index contributed by atoms with van der Waals surface area (Å²) in [6, 6.07) is 15.8. The van der Waals surface area contributed by atoms with Crippen LogP contribution in [-0.2, 0) is 9.47 Å². The number of benzene rings is 2. The first-order valence-corrected chi connectivity index (χ1v) is 13.9. The maximum atomic E-state index is 12.9. The van der Waals surface area contributed by atoms with Gasteiger partial charge in [0, 0.05) is 44.1 Å². The molecule has 5 rings (SSSR count). The van der Waals surface area contributed by atoms with Crippen LogP contribution in [0.15, 0.2) is 76.5 Å². The number of nitrogens with one attached hydrogen (secondary N) is 1. The first-order chi connectivity index (χ1) is 19.4. The summed E-state index contributed by atoms with van der Waals surface area (Å²) in [5.74, 6) is -0.0215. The SMILES string of the molecule is CC1=C(OC(=O)OCCCN2CCN(c3ccccc3)CC2)C(c2cccc(Cl)c2Cl)C(c2nnco2)=C(C)N1. The van der Waals surface area contributed by atoms with Crippen LogP contribution < -0.4 is 10.2 Å². The molecule has 2 aliphatic heterocycles. The molecular formula is C29H31Cl2N5O4. The molecule has 9 nitrogen and oxygen atoms in total. The maximum absolute atomic E-state index is 12.9. The van der Waals surface area contributed by atoms with Crippen LogP contribution in [-0.4, -0.2) is 60.6 Å². The number of para-hydroxylation sites is 1. The maximum Gasteiger partial charge on any atom is 0.513 e. The van der Waals surface area contributed by atoms with Crippen LogP contribution >= 0.6 is 23.2 Å². The average Bonchev–Trinajstić information content (AvgIpc) is 3.49. The summed E-state index contributed by atoms with van der Waals surface area (Å²) >= 11 is 13.0. The Morgan fingerprint density at radius 1 is 1.05 bits per heavy atom. The zero-order valence-corrected chi connectivity index (χ0v) is 23.9. The second kappa shape index (κ2) is 12.8. The third kappa shape index (κ3) is 6.27. The topological polar surface area (TPSA) is 93.0 Å². The highest BCUT2D eigenvalue weighted by atomic mass is 35.5. The molecule has 0 aliphatic carbocycles. The molecule has 1 N–H and O–H groups in total. The van der Waals surface area contributed by atoms with Crippen molar-refractivity contribution in [2.24, 2.45) is 0 Å². The predicted octanol–water partition coefficient (Wildman–Crippen LogP) is 6.09. The third-order valence-electron chi connectivity index (χ3n) is 7.11. The molecule has 1 saturated heterocycles. The summed E-state index contributed by atoms with van der Waals surface area (Å²) < 4.78 is 16.8. The van der Waals surface area contributed by atoms with Crippen LogP contribution in [0.5, 0.6) is 0 Å². The lowest BCUT2D eigenvalue weighted by Crippen LogP contribution is -2.46. The van der Waals surface area contributed by atoms with E-state index < -0.39 is 12.1 Å². The average molecular weight is 585 g/mol. The number of ether oxygens (including phenoxy) is 2. The number of rotatable bonds is 8. The second-order valence-electron chi connectivity index (χ2n) is 9.69. The van der Waals surface area contributed by atoms with Gasteiger partial charge in [0.15, 0.2) is 0 Å². The number of dihydropyridines is 1. The summed E-state index contributed by atoms with van der Waals surface area (Å²) in [5, 5.41) is 11.9. The molecular weight excluding hydrogens is 553 g/mol. The van der Waals surface area contributed by atoms with Crippen molar-refractivity contribution >= 4 is 40.6 Å². The minimum Gasteiger partial charge on any atom is -0.434 e. The van der Waals surface area contributed by atoms with Gasteiger partial charge in [-0.3, -0.25) is 4.90 Å². The first-order valence-electron chi connectivity index (χ1n) is 13.2. The van der Waals surface area contributed by atoms with E-state index in [1.54, 1.807) is 12.1 Å². The van der Waals surface area contributed by atoms with Gasteiger partial charge < -0.3 is 24.1 Å². The molecule has 1 aromatic heterocycles. The highest BCUT2D eigenvalue weighted by Crippen LogP contribution is 2.46. The molecule has 1 fully saturated rings. The highest BCUT2D eigenvalue weighted by molar-refractivity contribution is 6.42. The molecule has 2 aromatic carbocycles. The van der Waals surface area contributed by atoms with Crippen molar-refractivity contribution in [2.45, 2.75) is 26.2 Å². The number of hydrogen-bond donors (Lipinski definition) is 1. The Bertz CT molecular complexity index is 1390. The lowest BCUT2D eigenvalue weighted by Gasteiger charge is -2.36. The number of carbonyl (C=O) groups is 1. The fourth-order valence-electron chi connectivity index (χ4n) is 5.16. The fraction of sp³-hybridized carbons (Fsp3) is 0.345. The van der Waals surface area contributed by atoms with Gasteiger partial charge in [-0.1, -0.05) is 53.5 Å². The Balaban J connectivity index is 1.20. The second-order valence-corrected chi connectivity index (χ2v) is 10.5. The summed E-state index contributed by atoms with van der Waals surface area (Å²) in [7, 11) is 0. The molecule has 2 aliphatic rings. The van der Waals surface area contributed by atoms with E-state index in [9.17, 15) is 4.79 Å². The summed E-state index contributed by atoms with van der Waals surface area (Å²) in [4.78, 5) is 17.6. The molecule has 0 radical (unpaired) electrons. The van der Waals surface area contributed by atoms with E-state index in [-0.39, 0.29) is 12.5 Å². The van der Waals surface area contributed by atoms with E-state index in [1.807, 2.05) is 26.0 Å². The number of carbonyl (C=O) groups excluding carboxylic acids is 1. The smallest absolute Gasteiger partial charge is 0.434 e. The number of aromatic nitrogens is 2. The van der Waals surface area contributed by atoms with Crippen molar-refractivity contribution in [1.29, 1.82) is 0 Å². The number of allylic oxidation sites excluding steroid dienone is 3. The molecule has 0 bridgehead atoms. The van der Waals surface area contributed by atoms with Crippen molar-refractivity contribution < 1.29 is 18.7 Å². The summed E-state index contributed by atoms with van der Waals surface area (Å²) in [6.45, 7) is 8.63. The van der Waals surface area contributed by atoms with Gasteiger partial charge in [0.25, 0.3) is 0 Å². The predicted molar refractivity (Wildman–Crippen MR) is 154 cm³/mol. The van der Waals surface area contributed by atoms with E-state index in [0.717, 1.165) is 38.4 Å². The number of piperazine rings is 1. The Morgan fingerprint density at radius 2 is 1.82 bits per heavy atom. The van der Waals surface area contributed by atoms with Crippen LogP contribution in [0.25, 0.3) is 5.57 Å². The third-order valence-corrected chi connectivity index (χ3v) is 7.94. The van der Waals surface area contributed by atoms with Crippen molar-refractivity contribution in [3.8, 4) is 0 Å². The van der Waals surface area contributed by atoms with Gasteiger partial charge in [0.2, 0.25) is 12.3 Å². The number of halogens is 2. The van der Waals surface area contributed by atoms with Gasteiger partial charge in [-0.2, -0.15) is 0 Å². The molecule has 0 spiro atoms. The van der Waals surface area contributed by atoms with Crippen molar-refractivity contribution in [1.82, 2.24) is 20.4 Å². The molecule has 11 heteroatoms. The van der Waals surface area contributed by atoms with E-state index in [1.165, 1.54) is 12.1 Å². The Labute approximate surface area is 243 Å². The first kappa shape index (κ1) is 28.0. The van der Waals surface area contributed by atoms with Gasteiger partial charge in [-0.25, -0.2) is 4.79 Å². The number of anilines is 1. The standard InChI is InChI=1S/C29H31Cl2N5O4/c1-19-24(28-34-32-18-39-28)25(22-10-6-11-23(30)26(22)31)27(20(2)33-19)40-29(37)38-17-7-12-35-13-15-36(16-14-35)21-8-4-3-5-9-21/h3-6,8-11,18,25,33H,7,12-17H2,1-2H3. The monoisotopic (exact) mass is 583 g/mol. The molecule has 3 heterocycles. The van der Waals surface area contributed by atoms with E-state index in [2.05, 4.69) is 49.6 Å². The van der Waals surface area contributed by atoms with Crippen LogP contribution in [0.2, 0.25) is 10.0 Å². The zero-order chi connectivity index (χ0) is 28.1. The van der Waals surface area contributed by atoms with E-state index in [0.29, 0.717) is 39.1 Å². The Kier molecular flexibility index (Phi) is 8.94. The summed E-state index contributed by atoms with van der Waals surface area (Å²) in [5.41, 5.74) is 3.91. The summed E-state index contributed by atoms with van der Waals surface area (Å²) in [6.07, 6.45) is 1.15. The Morgan fingerprint density at radius 3 is 2.55 bits per heavy atom. The lowest BCUT2D eigenvalue weighted by atomic mass is 9.85. The van der Waals surface area contributed by atoms with Gasteiger partial charge in [-0.15, -0.1) is 10.2 Å². The zero-order valence-electron chi connectivity index (χ0n) is 22.4. The molecule has 40 heavy (non-hydrogen) atoms. The molecule has 0 saturated carbocycles. The number of nitrogens with zero attached hydrogens (tertiary/aromatic N) is 4. The van der Waals surface area contributed by atoms with Gasteiger partial charge in [-0.05, 0) is 44.0 Å². The molecule has 210 valence electrons. The minimum atomic E-state index is -0.794. The highest BCUT2D eigenvalue weighted by Gasteiger charge is 2.37.